The molecule has 0 spiro atoms. The van der Waals surface area contributed by atoms with Crippen molar-refractivity contribution in [2.75, 3.05) is 11.4 Å². The Morgan fingerprint density at radius 2 is 1.22 bits per heavy atom. The van der Waals surface area contributed by atoms with E-state index in [1.165, 1.54) is 16.5 Å². The number of benzene rings is 6. The molecule has 0 unspecified atom stereocenters. The van der Waals surface area contributed by atoms with E-state index in [9.17, 15) is 0 Å². The number of para-hydroxylation sites is 2. The largest absolute Gasteiger partial charge is 0.337 e. The van der Waals surface area contributed by atoms with Gasteiger partial charge in [-0.1, -0.05) is 140 Å². The Labute approximate surface area is 297 Å². The number of anilines is 2. The predicted molar refractivity (Wildman–Crippen MR) is 213 cm³/mol. The van der Waals surface area contributed by atoms with Crippen molar-refractivity contribution in [3.63, 3.8) is 0 Å². The normalized spacial score (nSPS) is 14.1. The van der Waals surface area contributed by atoms with E-state index in [-0.39, 0.29) is 0 Å². The summed E-state index contributed by atoms with van der Waals surface area (Å²) in [6, 6.07) is 53.5. The summed E-state index contributed by atoms with van der Waals surface area (Å²) in [6.07, 6.45) is 10.3. The van der Waals surface area contributed by atoms with Crippen molar-refractivity contribution in [3.05, 3.63) is 194 Å². The van der Waals surface area contributed by atoms with E-state index in [4.69, 9.17) is 9.97 Å². The Bertz CT molecular complexity index is 2610. The van der Waals surface area contributed by atoms with Gasteiger partial charge in [0.2, 0.25) is 5.95 Å². The van der Waals surface area contributed by atoms with Crippen LogP contribution in [-0.2, 0) is 0 Å². The van der Waals surface area contributed by atoms with Gasteiger partial charge in [0.25, 0.3) is 0 Å². The van der Waals surface area contributed by atoms with Crippen LogP contribution in [0.4, 0.5) is 11.4 Å². The molecule has 1 aliphatic rings. The van der Waals surface area contributed by atoms with Gasteiger partial charge in [-0.25, -0.2) is 9.97 Å². The molecule has 9 rings (SSSR count). The molecule has 8 aromatic rings. The molecule has 6 aromatic carbocycles. The van der Waals surface area contributed by atoms with Crippen molar-refractivity contribution in [2.45, 2.75) is 0 Å². The molecule has 0 N–H and O–H groups in total. The van der Waals surface area contributed by atoms with Gasteiger partial charge < -0.3 is 4.90 Å². The smallest absolute Gasteiger partial charge is 0.235 e. The van der Waals surface area contributed by atoms with Crippen molar-refractivity contribution in [1.82, 2.24) is 14.5 Å². The minimum absolute atomic E-state index is 0.641. The van der Waals surface area contributed by atoms with Crippen LogP contribution in [-0.4, -0.2) is 21.1 Å². The molecule has 51 heavy (non-hydrogen) atoms. The standard InChI is InChI=1S/C47H34N4/c1-33-13-5-4-12-30-50(39-16-8-3-9-17-39)44-27-25-37(31-42(33)44)38-24-26-41-40-18-10-11-19-45(40)51(46(41)32-38)47-48-29-28-43(49-47)36-22-20-35(21-23-36)34-14-6-2-7-15-34/h2-29,31-32H,1,30H2/b12-4-,13-5-. The van der Waals surface area contributed by atoms with Gasteiger partial charge in [0.15, 0.2) is 0 Å². The predicted octanol–water partition coefficient (Wildman–Crippen LogP) is 11.9. The van der Waals surface area contributed by atoms with Crippen LogP contribution in [0.25, 0.3) is 66.8 Å². The summed E-state index contributed by atoms with van der Waals surface area (Å²) in [5, 5.41) is 2.33. The SMILES string of the molecule is C=C1/C=C\C=C/CN(c2ccccc2)c2ccc(-c3ccc4c5ccccc5n(-c5nccc(-c6ccc(-c7ccccc7)cc6)n5)c4c3)cc21. The van der Waals surface area contributed by atoms with Gasteiger partial charge in [0.1, 0.15) is 0 Å². The first-order chi connectivity index (χ1) is 25.2. The average Bonchev–Trinajstić information content (AvgIpc) is 3.56. The first-order valence-corrected chi connectivity index (χ1v) is 17.2. The second-order valence-corrected chi connectivity index (χ2v) is 12.8. The summed E-state index contributed by atoms with van der Waals surface area (Å²) in [7, 11) is 0. The van der Waals surface area contributed by atoms with Crippen LogP contribution in [0.1, 0.15) is 5.56 Å². The molecule has 0 bridgehead atoms. The summed E-state index contributed by atoms with van der Waals surface area (Å²) in [5.74, 6) is 0.641. The van der Waals surface area contributed by atoms with Crippen molar-refractivity contribution in [2.24, 2.45) is 0 Å². The highest BCUT2D eigenvalue weighted by Crippen LogP contribution is 2.39. The highest BCUT2D eigenvalue weighted by molar-refractivity contribution is 6.10. The number of fused-ring (bicyclic) bond motifs is 4. The number of hydrogen-bond acceptors (Lipinski definition) is 3. The first-order valence-electron chi connectivity index (χ1n) is 17.2. The summed E-state index contributed by atoms with van der Waals surface area (Å²) < 4.78 is 2.19. The minimum atomic E-state index is 0.641. The topological polar surface area (TPSA) is 34.0 Å². The fraction of sp³-hybridized carbons (Fsp3) is 0.0213. The Kier molecular flexibility index (Phi) is 7.67. The summed E-state index contributed by atoms with van der Waals surface area (Å²) in [6.45, 7) is 5.24. The maximum Gasteiger partial charge on any atom is 0.235 e. The third-order valence-electron chi connectivity index (χ3n) is 9.67. The van der Waals surface area contributed by atoms with E-state index in [2.05, 4.69) is 180 Å². The fourth-order valence-electron chi connectivity index (χ4n) is 7.11. The van der Waals surface area contributed by atoms with E-state index >= 15 is 0 Å². The summed E-state index contributed by atoms with van der Waals surface area (Å²) >= 11 is 0. The minimum Gasteiger partial charge on any atom is -0.337 e. The Balaban J connectivity index is 1.15. The van der Waals surface area contributed by atoms with Gasteiger partial charge in [-0.15, -0.1) is 0 Å². The second-order valence-electron chi connectivity index (χ2n) is 12.8. The number of allylic oxidation sites excluding steroid dienone is 4. The molecule has 4 nitrogen and oxygen atoms in total. The Morgan fingerprint density at radius 3 is 2.06 bits per heavy atom. The van der Waals surface area contributed by atoms with Gasteiger partial charge in [-0.05, 0) is 70.3 Å². The molecular formula is C47H34N4. The maximum atomic E-state index is 5.14. The van der Waals surface area contributed by atoms with Crippen LogP contribution >= 0.6 is 0 Å². The number of nitrogens with zero attached hydrogens (tertiary/aromatic N) is 4. The van der Waals surface area contributed by atoms with Crippen LogP contribution in [0.2, 0.25) is 0 Å². The Hall–Kier alpha value is -6.78. The van der Waals surface area contributed by atoms with Crippen molar-refractivity contribution >= 4 is 38.8 Å². The van der Waals surface area contributed by atoms with Crippen molar-refractivity contribution < 1.29 is 0 Å². The molecule has 2 aromatic heterocycles. The van der Waals surface area contributed by atoms with Crippen LogP contribution in [0, 0.1) is 0 Å². The molecule has 0 radical (unpaired) electrons. The van der Waals surface area contributed by atoms with Crippen LogP contribution in [0.3, 0.4) is 0 Å². The molecule has 0 saturated heterocycles. The number of hydrogen-bond donors (Lipinski definition) is 0. The van der Waals surface area contributed by atoms with Crippen molar-refractivity contribution in [3.8, 4) is 39.5 Å². The molecule has 1 aliphatic heterocycles. The van der Waals surface area contributed by atoms with Gasteiger partial charge in [0.05, 0.1) is 16.7 Å². The van der Waals surface area contributed by atoms with Crippen LogP contribution in [0.15, 0.2) is 189 Å². The molecule has 0 aliphatic carbocycles. The third-order valence-corrected chi connectivity index (χ3v) is 9.67. The zero-order chi connectivity index (χ0) is 34.1. The molecule has 4 heteroatoms. The number of aromatic nitrogens is 3. The molecule has 0 atom stereocenters. The monoisotopic (exact) mass is 654 g/mol. The molecule has 3 heterocycles. The van der Waals surface area contributed by atoms with Gasteiger partial charge >= 0.3 is 0 Å². The molecular weight excluding hydrogens is 621 g/mol. The molecule has 0 saturated carbocycles. The first kappa shape index (κ1) is 30.3. The van der Waals surface area contributed by atoms with E-state index in [1.54, 1.807) is 0 Å². The van der Waals surface area contributed by atoms with Crippen LogP contribution < -0.4 is 4.90 Å². The van der Waals surface area contributed by atoms with Crippen LogP contribution in [0.5, 0.6) is 0 Å². The fourth-order valence-corrected chi connectivity index (χ4v) is 7.11. The molecule has 0 amide bonds. The van der Waals surface area contributed by atoms with Gasteiger partial charge in [-0.3, -0.25) is 4.57 Å². The molecule has 242 valence electrons. The van der Waals surface area contributed by atoms with E-state index < -0.39 is 0 Å². The zero-order valence-corrected chi connectivity index (χ0v) is 28.0. The van der Waals surface area contributed by atoms with Gasteiger partial charge in [-0.2, -0.15) is 0 Å². The summed E-state index contributed by atoms with van der Waals surface area (Å²) in [5.41, 5.74) is 13.0. The van der Waals surface area contributed by atoms with Crippen molar-refractivity contribution in [1.29, 1.82) is 0 Å². The lowest BCUT2D eigenvalue weighted by Gasteiger charge is -2.27. The Morgan fingerprint density at radius 1 is 0.549 bits per heavy atom. The van der Waals surface area contributed by atoms with E-state index in [1.807, 2.05) is 18.3 Å². The zero-order valence-electron chi connectivity index (χ0n) is 28.0. The lowest BCUT2D eigenvalue weighted by atomic mass is 9.96. The third kappa shape index (κ3) is 5.63. The van der Waals surface area contributed by atoms with E-state index in [0.717, 1.165) is 67.9 Å². The highest BCUT2D eigenvalue weighted by Gasteiger charge is 2.18. The quantitative estimate of drug-likeness (QED) is 0.185. The highest BCUT2D eigenvalue weighted by atomic mass is 15.2. The average molecular weight is 655 g/mol. The lowest BCUT2D eigenvalue weighted by molar-refractivity contribution is 0.992. The summed E-state index contributed by atoms with van der Waals surface area (Å²) in [4.78, 5) is 12.3. The lowest BCUT2D eigenvalue weighted by Crippen LogP contribution is -2.18. The number of rotatable bonds is 5. The van der Waals surface area contributed by atoms with Gasteiger partial charge in [0, 0.05) is 46.0 Å². The maximum absolute atomic E-state index is 5.14. The van der Waals surface area contributed by atoms with E-state index in [0.29, 0.717) is 5.95 Å². The molecule has 0 fully saturated rings. The second kappa shape index (κ2) is 12.9.